The number of anilines is 1. The Balaban J connectivity index is 3.10. The summed E-state index contributed by atoms with van der Waals surface area (Å²) in [4.78, 5) is 0. The molecule has 0 saturated heterocycles. The summed E-state index contributed by atoms with van der Waals surface area (Å²) >= 11 is 0. The van der Waals surface area contributed by atoms with E-state index in [1.54, 1.807) is 13.0 Å². The van der Waals surface area contributed by atoms with Gasteiger partial charge in [-0.15, -0.1) is 0 Å². The Labute approximate surface area is 109 Å². The Kier molecular flexibility index (Phi) is 5.58. The average Bonchev–Trinajstić information content (AvgIpc) is 2.31. The molecule has 0 amide bonds. The molecule has 6 heteroatoms. The van der Waals surface area contributed by atoms with Gasteiger partial charge in [-0.2, -0.15) is 13.1 Å². The highest BCUT2D eigenvalue weighted by Gasteiger charge is 2.21. The maximum Gasteiger partial charge on any atom is 0.301 e. The molecule has 0 heterocycles. The lowest BCUT2D eigenvalue weighted by Crippen LogP contribution is -2.42. The monoisotopic (exact) mass is 271 g/mol. The largest absolute Gasteiger partial charge is 0.330 e. The Hall–Kier alpha value is -1.11. The molecule has 0 aliphatic heterocycles. The predicted molar refractivity (Wildman–Crippen MR) is 74.8 cm³/mol. The fourth-order valence-corrected chi connectivity index (χ4v) is 3.06. The zero-order chi connectivity index (χ0) is 13.6. The third-order valence-corrected chi connectivity index (χ3v) is 4.18. The highest BCUT2D eigenvalue weighted by molar-refractivity contribution is 7.90. The van der Waals surface area contributed by atoms with E-state index in [0.717, 1.165) is 5.56 Å². The summed E-state index contributed by atoms with van der Waals surface area (Å²) in [5.41, 5.74) is 7.10. The average molecular weight is 271 g/mol. The smallest absolute Gasteiger partial charge is 0.301 e. The lowest BCUT2D eigenvalue weighted by Gasteiger charge is -2.25. The van der Waals surface area contributed by atoms with Gasteiger partial charge in [0.2, 0.25) is 0 Å². The third-order valence-electron chi connectivity index (χ3n) is 2.57. The zero-order valence-electron chi connectivity index (χ0n) is 10.9. The molecule has 0 aliphatic carbocycles. The van der Waals surface area contributed by atoms with E-state index < -0.39 is 10.2 Å². The summed E-state index contributed by atoms with van der Waals surface area (Å²) in [5, 5.41) is 0. The van der Waals surface area contributed by atoms with Crippen LogP contribution in [0, 0.1) is 6.92 Å². The van der Waals surface area contributed by atoms with Crippen LogP contribution in [0.4, 0.5) is 5.69 Å². The summed E-state index contributed by atoms with van der Waals surface area (Å²) in [7, 11) is -3.49. The van der Waals surface area contributed by atoms with Crippen molar-refractivity contribution in [3.63, 3.8) is 0 Å². The van der Waals surface area contributed by atoms with E-state index in [1.165, 1.54) is 4.31 Å². The molecule has 0 unspecified atom stereocenters. The van der Waals surface area contributed by atoms with Crippen molar-refractivity contribution < 1.29 is 8.42 Å². The van der Waals surface area contributed by atoms with E-state index in [4.69, 9.17) is 5.73 Å². The second kappa shape index (κ2) is 6.72. The van der Waals surface area contributed by atoms with Crippen LogP contribution in [0.2, 0.25) is 0 Å². The highest BCUT2D eigenvalue weighted by atomic mass is 32.2. The molecule has 0 atom stereocenters. The molecule has 3 N–H and O–H groups in total. The fourth-order valence-electron chi connectivity index (χ4n) is 1.71. The summed E-state index contributed by atoms with van der Waals surface area (Å²) < 4.78 is 28.2. The van der Waals surface area contributed by atoms with E-state index >= 15 is 0 Å². The number of aryl methyl sites for hydroxylation is 1. The Morgan fingerprint density at radius 3 is 2.56 bits per heavy atom. The number of hydrogen-bond donors (Lipinski definition) is 2. The van der Waals surface area contributed by atoms with Crippen LogP contribution in [0.5, 0.6) is 0 Å². The molecule has 0 radical (unpaired) electrons. The zero-order valence-corrected chi connectivity index (χ0v) is 11.7. The summed E-state index contributed by atoms with van der Waals surface area (Å²) in [6, 6.07) is 7.42. The van der Waals surface area contributed by atoms with E-state index in [-0.39, 0.29) is 0 Å². The van der Waals surface area contributed by atoms with Crippen molar-refractivity contribution in [2.24, 2.45) is 5.73 Å². The minimum Gasteiger partial charge on any atom is -0.330 e. The van der Waals surface area contributed by atoms with Gasteiger partial charge in [-0.1, -0.05) is 25.1 Å². The summed E-state index contributed by atoms with van der Waals surface area (Å²) in [6.07, 6.45) is 0.624. The van der Waals surface area contributed by atoms with Gasteiger partial charge >= 0.3 is 10.2 Å². The van der Waals surface area contributed by atoms with E-state index in [9.17, 15) is 8.42 Å². The molecule has 1 rings (SSSR count). The SMILES string of the molecule is CCNS(=O)(=O)N(CCCN)c1ccccc1C. The first kappa shape index (κ1) is 14.9. The molecule has 1 aromatic rings. The minimum absolute atomic E-state index is 0.368. The maximum atomic E-state index is 12.2. The van der Waals surface area contributed by atoms with Crippen LogP contribution in [-0.4, -0.2) is 28.1 Å². The van der Waals surface area contributed by atoms with Crippen molar-refractivity contribution in [2.45, 2.75) is 20.3 Å². The van der Waals surface area contributed by atoms with Gasteiger partial charge < -0.3 is 5.73 Å². The molecule has 102 valence electrons. The van der Waals surface area contributed by atoms with Crippen molar-refractivity contribution in [1.29, 1.82) is 0 Å². The van der Waals surface area contributed by atoms with Crippen LogP contribution in [0.3, 0.4) is 0 Å². The van der Waals surface area contributed by atoms with Crippen LogP contribution >= 0.6 is 0 Å². The maximum absolute atomic E-state index is 12.2. The Morgan fingerprint density at radius 2 is 2.00 bits per heavy atom. The van der Waals surface area contributed by atoms with Crippen molar-refractivity contribution in [3.8, 4) is 0 Å². The van der Waals surface area contributed by atoms with Crippen LogP contribution in [0.25, 0.3) is 0 Å². The van der Waals surface area contributed by atoms with Crippen LogP contribution in [0.1, 0.15) is 18.9 Å². The molecule has 0 fully saturated rings. The first-order chi connectivity index (χ1) is 8.53. The van der Waals surface area contributed by atoms with Crippen molar-refractivity contribution in [3.05, 3.63) is 29.8 Å². The second-order valence-corrected chi connectivity index (χ2v) is 5.68. The van der Waals surface area contributed by atoms with Gasteiger partial charge in [0.05, 0.1) is 5.69 Å². The van der Waals surface area contributed by atoms with Crippen molar-refractivity contribution >= 4 is 15.9 Å². The highest BCUT2D eigenvalue weighted by Crippen LogP contribution is 2.21. The minimum atomic E-state index is -3.49. The fraction of sp³-hybridized carbons (Fsp3) is 0.500. The number of nitrogens with zero attached hydrogens (tertiary/aromatic N) is 1. The van der Waals surface area contributed by atoms with E-state index in [0.29, 0.717) is 31.7 Å². The number of benzene rings is 1. The number of nitrogens with two attached hydrogens (primary N) is 1. The third kappa shape index (κ3) is 3.69. The van der Waals surface area contributed by atoms with Gasteiger partial charge in [0.25, 0.3) is 0 Å². The molecule has 0 saturated carbocycles. The first-order valence-corrected chi connectivity index (χ1v) is 7.50. The van der Waals surface area contributed by atoms with Crippen molar-refractivity contribution in [1.82, 2.24) is 4.72 Å². The van der Waals surface area contributed by atoms with Gasteiger partial charge in [0.15, 0.2) is 0 Å². The van der Waals surface area contributed by atoms with Crippen LogP contribution in [-0.2, 0) is 10.2 Å². The van der Waals surface area contributed by atoms with Gasteiger partial charge in [-0.05, 0) is 31.5 Å². The summed E-state index contributed by atoms with van der Waals surface area (Å²) in [6.45, 7) is 4.87. The number of para-hydroxylation sites is 1. The topological polar surface area (TPSA) is 75.4 Å². The van der Waals surface area contributed by atoms with Gasteiger partial charge in [-0.25, -0.2) is 0 Å². The van der Waals surface area contributed by atoms with Crippen LogP contribution in [0.15, 0.2) is 24.3 Å². The Bertz CT molecular complexity index is 474. The predicted octanol–water partition coefficient (Wildman–Crippen LogP) is 1.00. The molecular weight excluding hydrogens is 250 g/mol. The van der Waals surface area contributed by atoms with Gasteiger partial charge in [0.1, 0.15) is 0 Å². The van der Waals surface area contributed by atoms with Gasteiger partial charge in [-0.3, -0.25) is 4.31 Å². The first-order valence-electron chi connectivity index (χ1n) is 6.06. The van der Waals surface area contributed by atoms with Gasteiger partial charge in [0, 0.05) is 13.1 Å². The number of hydrogen-bond acceptors (Lipinski definition) is 3. The normalized spacial score (nSPS) is 11.5. The molecule has 5 nitrogen and oxygen atoms in total. The quantitative estimate of drug-likeness (QED) is 0.777. The van der Waals surface area contributed by atoms with Crippen molar-refractivity contribution in [2.75, 3.05) is 23.9 Å². The summed E-state index contributed by atoms with van der Waals surface area (Å²) in [5.74, 6) is 0. The molecule has 0 aromatic heterocycles. The lowest BCUT2D eigenvalue weighted by atomic mass is 10.2. The molecular formula is C12H21N3O2S. The molecule has 0 aliphatic rings. The number of rotatable bonds is 7. The number of nitrogens with one attached hydrogen (secondary N) is 1. The molecule has 18 heavy (non-hydrogen) atoms. The lowest BCUT2D eigenvalue weighted by molar-refractivity contribution is 0.577. The Morgan fingerprint density at radius 1 is 1.33 bits per heavy atom. The second-order valence-electron chi connectivity index (χ2n) is 4.00. The molecule has 1 aromatic carbocycles. The molecule has 0 spiro atoms. The van der Waals surface area contributed by atoms with E-state index in [2.05, 4.69) is 4.72 Å². The van der Waals surface area contributed by atoms with Crippen LogP contribution < -0.4 is 14.8 Å². The van der Waals surface area contributed by atoms with E-state index in [1.807, 2.05) is 25.1 Å². The standard InChI is InChI=1S/C12H21N3O2S/c1-3-14-18(16,17)15(10-6-9-13)12-8-5-4-7-11(12)2/h4-5,7-8,14H,3,6,9-10,13H2,1-2H3. The molecule has 0 bridgehead atoms.